The molecule has 0 aliphatic carbocycles. The van der Waals surface area contributed by atoms with Crippen molar-refractivity contribution in [2.45, 2.75) is 65.1 Å². The molecule has 0 spiro atoms. The summed E-state index contributed by atoms with van der Waals surface area (Å²) >= 11 is 0. The summed E-state index contributed by atoms with van der Waals surface area (Å²) in [5.41, 5.74) is 0.551. The molecule has 7 heteroatoms. The van der Waals surface area contributed by atoms with Crippen LogP contribution in [0.2, 0.25) is 0 Å². The fourth-order valence-electron chi connectivity index (χ4n) is 3.82. The Bertz CT molecular complexity index is 872. The molecule has 1 saturated heterocycles. The molecule has 1 aromatic carbocycles. The zero-order valence-electron chi connectivity index (χ0n) is 17.9. The molecule has 0 N–H and O–H groups in total. The maximum atomic E-state index is 12.8. The number of carbonyl (C=O) groups excluding carboxylic acids is 1. The number of carbonyl (C=O) groups is 1. The maximum Gasteiger partial charge on any atom is 0.346 e. The summed E-state index contributed by atoms with van der Waals surface area (Å²) in [6.07, 6.45) is 1.76. The van der Waals surface area contributed by atoms with Crippen LogP contribution in [0.3, 0.4) is 0 Å². The molecule has 1 aliphatic heterocycles. The Balaban J connectivity index is 1.65. The van der Waals surface area contributed by atoms with Crippen molar-refractivity contribution in [1.82, 2.24) is 19.2 Å². The largest absolute Gasteiger partial charge is 0.459 e. The average molecular weight is 401 g/mol. The zero-order chi connectivity index (χ0) is 21.0. The van der Waals surface area contributed by atoms with Crippen LogP contribution in [0.1, 0.15) is 57.8 Å². The zero-order valence-corrected chi connectivity index (χ0v) is 17.9. The fourth-order valence-corrected chi connectivity index (χ4v) is 3.82. The SMILES string of the molecule is CCn1c(C2CCN(CC(=O)OC(C)(C)C)CC2)nn(Cc2ccccc2)c1=O. The monoisotopic (exact) mass is 400 g/mol. The van der Waals surface area contributed by atoms with E-state index < -0.39 is 5.60 Å². The number of hydrogen-bond acceptors (Lipinski definition) is 5. The normalized spacial score (nSPS) is 16.1. The molecule has 3 rings (SSSR count). The van der Waals surface area contributed by atoms with Gasteiger partial charge in [0.25, 0.3) is 0 Å². The molecule has 0 atom stereocenters. The second-order valence-corrected chi connectivity index (χ2v) is 8.67. The topological polar surface area (TPSA) is 69.4 Å². The smallest absolute Gasteiger partial charge is 0.346 e. The van der Waals surface area contributed by atoms with Crippen molar-refractivity contribution in [1.29, 1.82) is 0 Å². The van der Waals surface area contributed by atoms with E-state index in [1.165, 1.54) is 0 Å². The molecule has 0 radical (unpaired) electrons. The first-order chi connectivity index (χ1) is 13.8. The van der Waals surface area contributed by atoms with Crippen molar-refractivity contribution >= 4 is 5.97 Å². The molecular formula is C22H32N4O3. The number of benzene rings is 1. The van der Waals surface area contributed by atoms with Gasteiger partial charge in [0.05, 0.1) is 13.1 Å². The molecule has 2 heterocycles. The molecule has 0 amide bonds. The van der Waals surface area contributed by atoms with Crippen LogP contribution in [0, 0.1) is 0 Å². The van der Waals surface area contributed by atoms with Gasteiger partial charge >= 0.3 is 11.7 Å². The van der Waals surface area contributed by atoms with Gasteiger partial charge in [-0.15, -0.1) is 0 Å². The van der Waals surface area contributed by atoms with Crippen LogP contribution in [0.25, 0.3) is 0 Å². The van der Waals surface area contributed by atoms with Crippen LogP contribution in [-0.4, -0.2) is 50.5 Å². The minimum absolute atomic E-state index is 0.0532. The minimum Gasteiger partial charge on any atom is -0.459 e. The van der Waals surface area contributed by atoms with Crippen LogP contribution < -0.4 is 5.69 Å². The number of aromatic nitrogens is 3. The first-order valence-corrected chi connectivity index (χ1v) is 10.4. The van der Waals surface area contributed by atoms with Gasteiger partial charge in [-0.3, -0.25) is 14.3 Å². The molecule has 158 valence electrons. The molecule has 29 heavy (non-hydrogen) atoms. The van der Waals surface area contributed by atoms with E-state index in [1.807, 2.05) is 58.0 Å². The number of piperidine rings is 1. The Morgan fingerprint density at radius 2 is 1.83 bits per heavy atom. The Kier molecular flexibility index (Phi) is 6.57. The quantitative estimate of drug-likeness (QED) is 0.697. The minimum atomic E-state index is -0.460. The highest BCUT2D eigenvalue weighted by atomic mass is 16.6. The van der Waals surface area contributed by atoms with Gasteiger partial charge in [-0.25, -0.2) is 9.48 Å². The predicted octanol–water partition coefficient (Wildman–Crippen LogP) is 2.63. The maximum absolute atomic E-state index is 12.8. The number of ether oxygens (including phenoxy) is 1. The summed E-state index contributed by atoms with van der Waals surface area (Å²) in [5.74, 6) is 0.911. The second-order valence-electron chi connectivity index (χ2n) is 8.67. The number of nitrogens with zero attached hydrogens (tertiary/aromatic N) is 4. The van der Waals surface area contributed by atoms with Gasteiger partial charge in [0.2, 0.25) is 0 Å². The van der Waals surface area contributed by atoms with E-state index in [9.17, 15) is 9.59 Å². The molecule has 0 bridgehead atoms. The highest BCUT2D eigenvalue weighted by molar-refractivity contribution is 5.72. The van der Waals surface area contributed by atoms with Gasteiger partial charge in [-0.2, -0.15) is 5.10 Å². The Hall–Kier alpha value is -2.41. The van der Waals surface area contributed by atoms with Crippen molar-refractivity contribution in [3.63, 3.8) is 0 Å². The highest BCUT2D eigenvalue weighted by Crippen LogP contribution is 2.26. The van der Waals surface area contributed by atoms with Gasteiger partial charge < -0.3 is 4.74 Å². The number of esters is 1. The molecule has 7 nitrogen and oxygen atoms in total. The lowest BCUT2D eigenvalue weighted by Gasteiger charge is -2.31. The van der Waals surface area contributed by atoms with Gasteiger partial charge in [-0.05, 0) is 59.2 Å². The Labute approximate surface area is 172 Å². The van der Waals surface area contributed by atoms with E-state index in [-0.39, 0.29) is 17.6 Å². The molecule has 1 fully saturated rings. The van der Waals surface area contributed by atoms with Crippen LogP contribution in [-0.2, 0) is 22.6 Å². The number of hydrogen-bond donors (Lipinski definition) is 0. The van der Waals surface area contributed by atoms with Crippen molar-refractivity contribution < 1.29 is 9.53 Å². The standard InChI is InChI=1S/C22H32N4O3/c1-5-25-20(23-26(21(25)28)15-17-9-7-6-8-10-17)18-11-13-24(14-12-18)16-19(27)29-22(2,3)4/h6-10,18H,5,11-16H2,1-4H3. The van der Waals surface area contributed by atoms with Crippen molar-refractivity contribution in [2.24, 2.45) is 0 Å². The van der Waals surface area contributed by atoms with Crippen molar-refractivity contribution in [3.8, 4) is 0 Å². The number of rotatable bonds is 6. The van der Waals surface area contributed by atoms with Crippen LogP contribution in [0.4, 0.5) is 0 Å². The summed E-state index contributed by atoms with van der Waals surface area (Å²) in [5, 5.41) is 4.69. The molecule has 0 unspecified atom stereocenters. The summed E-state index contributed by atoms with van der Waals surface area (Å²) in [4.78, 5) is 27.0. The molecular weight excluding hydrogens is 368 g/mol. The van der Waals surface area contributed by atoms with Crippen LogP contribution in [0.15, 0.2) is 35.1 Å². The number of likely N-dealkylation sites (tertiary alicyclic amines) is 1. The van der Waals surface area contributed by atoms with E-state index in [0.717, 1.165) is 37.3 Å². The summed E-state index contributed by atoms with van der Waals surface area (Å²) in [6.45, 7) is 10.6. The van der Waals surface area contributed by atoms with E-state index in [1.54, 1.807) is 9.25 Å². The predicted molar refractivity (Wildman–Crippen MR) is 112 cm³/mol. The van der Waals surface area contributed by atoms with Crippen molar-refractivity contribution in [3.05, 3.63) is 52.2 Å². The molecule has 1 aromatic heterocycles. The lowest BCUT2D eigenvalue weighted by molar-refractivity contribution is -0.156. The second kappa shape index (κ2) is 8.95. The lowest BCUT2D eigenvalue weighted by atomic mass is 9.96. The lowest BCUT2D eigenvalue weighted by Crippen LogP contribution is -2.39. The highest BCUT2D eigenvalue weighted by Gasteiger charge is 2.28. The van der Waals surface area contributed by atoms with Gasteiger partial charge in [-0.1, -0.05) is 30.3 Å². The van der Waals surface area contributed by atoms with Crippen molar-refractivity contribution in [2.75, 3.05) is 19.6 Å². The van der Waals surface area contributed by atoms with E-state index in [2.05, 4.69) is 4.90 Å². The fraction of sp³-hybridized carbons (Fsp3) is 0.591. The third-order valence-corrected chi connectivity index (χ3v) is 5.17. The van der Waals surface area contributed by atoms with Crippen LogP contribution in [0.5, 0.6) is 0 Å². The molecule has 2 aromatic rings. The first-order valence-electron chi connectivity index (χ1n) is 10.4. The van der Waals surface area contributed by atoms with E-state index in [0.29, 0.717) is 19.6 Å². The Morgan fingerprint density at radius 3 is 2.41 bits per heavy atom. The first kappa shape index (κ1) is 21.3. The van der Waals surface area contributed by atoms with Crippen LogP contribution >= 0.6 is 0 Å². The third kappa shape index (κ3) is 5.56. The summed E-state index contributed by atoms with van der Waals surface area (Å²) < 4.78 is 8.78. The van der Waals surface area contributed by atoms with Gasteiger partial charge in [0.1, 0.15) is 11.4 Å². The summed E-state index contributed by atoms with van der Waals surface area (Å²) in [6, 6.07) is 9.92. The molecule has 1 aliphatic rings. The van der Waals surface area contributed by atoms with Gasteiger partial charge in [0, 0.05) is 12.5 Å². The average Bonchev–Trinajstić information content (AvgIpc) is 2.97. The van der Waals surface area contributed by atoms with E-state index >= 15 is 0 Å². The molecule has 0 saturated carbocycles. The summed E-state index contributed by atoms with van der Waals surface area (Å²) in [7, 11) is 0. The third-order valence-electron chi connectivity index (χ3n) is 5.17. The Morgan fingerprint density at radius 1 is 1.17 bits per heavy atom. The van der Waals surface area contributed by atoms with Gasteiger partial charge in [0.15, 0.2) is 0 Å². The van der Waals surface area contributed by atoms with E-state index in [4.69, 9.17) is 9.84 Å².